The van der Waals surface area contributed by atoms with E-state index in [4.69, 9.17) is 0 Å². The minimum atomic E-state index is 0.395. The van der Waals surface area contributed by atoms with Crippen molar-refractivity contribution in [2.24, 2.45) is 5.92 Å². The van der Waals surface area contributed by atoms with Gasteiger partial charge in [0, 0.05) is 37.6 Å². The lowest BCUT2D eigenvalue weighted by atomic mass is 9.75. The molecule has 0 radical (unpaired) electrons. The Labute approximate surface area is 131 Å². The van der Waals surface area contributed by atoms with Gasteiger partial charge in [0.15, 0.2) is 0 Å². The molecule has 116 valence electrons. The molecule has 2 fully saturated rings. The number of nitrogens with one attached hydrogen (secondary N) is 1. The van der Waals surface area contributed by atoms with Gasteiger partial charge < -0.3 is 10.4 Å². The maximum atomic E-state index is 10.2. The zero-order valence-corrected chi connectivity index (χ0v) is 13.0. The summed E-state index contributed by atoms with van der Waals surface area (Å²) >= 11 is 0. The molecule has 2 aromatic rings. The Morgan fingerprint density at radius 3 is 2.41 bits per heavy atom. The molecule has 1 atom stereocenters. The molecule has 0 unspecified atom stereocenters. The Bertz CT molecular complexity index is 660. The molecule has 1 saturated heterocycles. The topological polar surface area (TPSA) is 35.5 Å². The van der Waals surface area contributed by atoms with Crippen molar-refractivity contribution in [3.8, 4) is 5.75 Å². The first-order valence-electron chi connectivity index (χ1n) is 8.50. The van der Waals surface area contributed by atoms with Crippen molar-refractivity contribution in [1.82, 2.24) is 10.2 Å². The summed E-state index contributed by atoms with van der Waals surface area (Å²) in [6, 6.07) is 12.8. The highest BCUT2D eigenvalue weighted by Gasteiger charge is 2.34. The van der Waals surface area contributed by atoms with Crippen molar-refractivity contribution in [3.05, 3.63) is 42.0 Å². The lowest BCUT2D eigenvalue weighted by Crippen LogP contribution is -2.47. The predicted molar refractivity (Wildman–Crippen MR) is 90.1 cm³/mol. The molecule has 2 aromatic carbocycles. The Morgan fingerprint density at radius 1 is 1.00 bits per heavy atom. The van der Waals surface area contributed by atoms with Crippen LogP contribution in [0.2, 0.25) is 0 Å². The van der Waals surface area contributed by atoms with Crippen LogP contribution in [0.3, 0.4) is 0 Å². The number of piperazine rings is 1. The normalized spacial score (nSPS) is 21.6. The lowest BCUT2D eigenvalue weighted by molar-refractivity contribution is 0.0846. The van der Waals surface area contributed by atoms with Crippen LogP contribution in [0.25, 0.3) is 10.8 Å². The second-order valence-corrected chi connectivity index (χ2v) is 6.64. The first-order valence-corrected chi connectivity index (χ1v) is 8.50. The molecule has 22 heavy (non-hydrogen) atoms. The van der Waals surface area contributed by atoms with E-state index in [0.29, 0.717) is 11.8 Å². The second kappa shape index (κ2) is 5.90. The summed E-state index contributed by atoms with van der Waals surface area (Å²) < 4.78 is 0. The Morgan fingerprint density at radius 2 is 1.73 bits per heavy atom. The number of hydrogen-bond donors (Lipinski definition) is 2. The van der Waals surface area contributed by atoms with E-state index in [1.54, 1.807) is 0 Å². The molecular formula is C19H24N2O. The van der Waals surface area contributed by atoms with E-state index in [2.05, 4.69) is 28.4 Å². The molecule has 3 heteroatoms. The van der Waals surface area contributed by atoms with Gasteiger partial charge in [-0.1, -0.05) is 36.8 Å². The average Bonchev–Trinajstić information content (AvgIpc) is 2.53. The monoisotopic (exact) mass is 296 g/mol. The van der Waals surface area contributed by atoms with Crippen LogP contribution in [0.4, 0.5) is 0 Å². The van der Waals surface area contributed by atoms with E-state index in [1.165, 1.54) is 30.2 Å². The molecule has 0 aromatic heterocycles. The lowest BCUT2D eigenvalue weighted by Gasteiger charge is -2.43. The van der Waals surface area contributed by atoms with Gasteiger partial charge in [-0.15, -0.1) is 0 Å². The van der Waals surface area contributed by atoms with Crippen molar-refractivity contribution < 1.29 is 5.11 Å². The summed E-state index contributed by atoms with van der Waals surface area (Å²) in [5, 5.41) is 15.8. The molecule has 1 heterocycles. The molecule has 1 aliphatic carbocycles. The third kappa shape index (κ3) is 2.38. The summed E-state index contributed by atoms with van der Waals surface area (Å²) in [5.41, 5.74) is 1.40. The van der Waals surface area contributed by atoms with Gasteiger partial charge >= 0.3 is 0 Å². The fourth-order valence-corrected chi connectivity index (χ4v) is 4.03. The Hall–Kier alpha value is -1.58. The number of phenols is 1. The number of fused-ring (bicyclic) bond motifs is 1. The van der Waals surface area contributed by atoms with Crippen molar-refractivity contribution in [2.45, 2.75) is 25.3 Å². The van der Waals surface area contributed by atoms with E-state index in [0.717, 1.165) is 37.5 Å². The zero-order chi connectivity index (χ0) is 14.9. The van der Waals surface area contributed by atoms with E-state index in [9.17, 15) is 5.11 Å². The van der Waals surface area contributed by atoms with Crippen molar-refractivity contribution in [1.29, 1.82) is 0 Å². The SMILES string of the molecule is Oc1ccc([C@H](C2CCC2)N2CCNCC2)c2ccccc12. The minimum Gasteiger partial charge on any atom is -0.507 e. The molecule has 0 amide bonds. The number of benzene rings is 2. The smallest absolute Gasteiger partial charge is 0.123 e. The quantitative estimate of drug-likeness (QED) is 0.912. The minimum absolute atomic E-state index is 0.395. The van der Waals surface area contributed by atoms with Crippen LogP contribution in [0.5, 0.6) is 5.75 Å². The fraction of sp³-hybridized carbons (Fsp3) is 0.474. The van der Waals surface area contributed by atoms with Gasteiger partial charge in [-0.25, -0.2) is 0 Å². The number of hydrogen-bond acceptors (Lipinski definition) is 3. The summed E-state index contributed by atoms with van der Waals surface area (Å²) in [4.78, 5) is 2.65. The van der Waals surface area contributed by atoms with Crippen molar-refractivity contribution >= 4 is 10.8 Å². The van der Waals surface area contributed by atoms with Crippen LogP contribution in [-0.4, -0.2) is 36.2 Å². The van der Waals surface area contributed by atoms with Crippen LogP contribution in [0.15, 0.2) is 36.4 Å². The molecule has 0 spiro atoms. The van der Waals surface area contributed by atoms with Gasteiger partial charge in [-0.05, 0) is 35.8 Å². The number of rotatable bonds is 3. The second-order valence-electron chi connectivity index (χ2n) is 6.64. The van der Waals surface area contributed by atoms with E-state index < -0.39 is 0 Å². The molecular weight excluding hydrogens is 272 g/mol. The van der Waals surface area contributed by atoms with Crippen LogP contribution in [0.1, 0.15) is 30.9 Å². The maximum Gasteiger partial charge on any atom is 0.123 e. The summed E-state index contributed by atoms with van der Waals surface area (Å²) in [7, 11) is 0. The van der Waals surface area contributed by atoms with Gasteiger partial charge in [0.2, 0.25) is 0 Å². The molecule has 1 saturated carbocycles. The van der Waals surface area contributed by atoms with Gasteiger partial charge in [0.05, 0.1) is 0 Å². The molecule has 4 rings (SSSR count). The van der Waals surface area contributed by atoms with E-state index in [-0.39, 0.29) is 0 Å². The first kappa shape index (κ1) is 14.0. The van der Waals surface area contributed by atoms with Gasteiger partial charge in [-0.2, -0.15) is 0 Å². The third-order valence-electron chi connectivity index (χ3n) is 5.39. The third-order valence-corrected chi connectivity index (χ3v) is 5.39. The van der Waals surface area contributed by atoms with Crippen LogP contribution < -0.4 is 5.32 Å². The summed E-state index contributed by atoms with van der Waals surface area (Å²) in [6.07, 6.45) is 4.04. The number of nitrogens with zero attached hydrogens (tertiary/aromatic N) is 1. The molecule has 2 aliphatic rings. The highest BCUT2D eigenvalue weighted by Crippen LogP contribution is 2.44. The molecule has 2 N–H and O–H groups in total. The first-order chi connectivity index (χ1) is 10.8. The van der Waals surface area contributed by atoms with Crippen LogP contribution in [-0.2, 0) is 0 Å². The van der Waals surface area contributed by atoms with Gasteiger partial charge in [0.1, 0.15) is 5.75 Å². The maximum absolute atomic E-state index is 10.2. The summed E-state index contributed by atoms with van der Waals surface area (Å²) in [6.45, 7) is 4.41. The molecule has 3 nitrogen and oxygen atoms in total. The highest BCUT2D eigenvalue weighted by molar-refractivity contribution is 5.91. The van der Waals surface area contributed by atoms with Crippen LogP contribution in [0, 0.1) is 5.92 Å². The van der Waals surface area contributed by atoms with Crippen molar-refractivity contribution in [2.75, 3.05) is 26.2 Å². The number of aromatic hydroxyl groups is 1. The molecule has 0 bridgehead atoms. The molecule has 1 aliphatic heterocycles. The van der Waals surface area contributed by atoms with E-state index >= 15 is 0 Å². The predicted octanol–water partition coefficient (Wildman–Crippen LogP) is 3.29. The summed E-state index contributed by atoms with van der Waals surface area (Å²) in [5.74, 6) is 1.16. The Kier molecular flexibility index (Phi) is 3.77. The zero-order valence-electron chi connectivity index (χ0n) is 13.0. The van der Waals surface area contributed by atoms with Gasteiger partial charge in [0.25, 0.3) is 0 Å². The largest absolute Gasteiger partial charge is 0.507 e. The standard InChI is InChI=1S/C19H24N2O/c22-18-9-8-17(15-6-1-2-7-16(15)18)19(14-4-3-5-14)21-12-10-20-11-13-21/h1-2,6-9,14,19-20,22H,3-5,10-13H2/t19-/m0/s1. The van der Waals surface area contributed by atoms with Gasteiger partial charge in [-0.3, -0.25) is 4.90 Å². The van der Waals surface area contributed by atoms with Crippen molar-refractivity contribution in [3.63, 3.8) is 0 Å². The fourth-order valence-electron chi connectivity index (χ4n) is 4.03. The van der Waals surface area contributed by atoms with Crippen LogP contribution >= 0.6 is 0 Å². The number of phenolic OH excluding ortho intramolecular Hbond substituents is 1. The highest BCUT2D eigenvalue weighted by atomic mass is 16.3. The Balaban J connectivity index is 1.80. The van der Waals surface area contributed by atoms with E-state index in [1.807, 2.05) is 18.2 Å². The average molecular weight is 296 g/mol.